The van der Waals surface area contributed by atoms with E-state index in [0.29, 0.717) is 6.04 Å². The number of rotatable bonds is 7. The fraction of sp³-hybridized carbons (Fsp3) is 0.667. The third-order valence-electron chi connectivity index (χ3n) is 2.36. The maximum absolute atomic E-state index is 5.05. The third kappa shape index (κ3) is 4.49. The summed E-state index contributed by atoms with van der Waals surface area (Å²) in [4.78, 5) is 0. The van der Waals surface area contributed by atoms with Crippen LogP contribution in [0.3, 0.4) is 0 Å². The van der Waals surface area contributed by atoms with Gasteiger partial charge in [-0.3, -0.25) is 0 Å². The van der Waals surface area contributed by atoms with Crippen molar-refractivity contribution in [2.45, 2.75) is 39.4 Å². The van der Waals surface area contributed by atoms with Gasteiger partial charge in [-0.25, -0.2) is 0 Å². The molecule has 0 amide bonds. The van der Waals surface area contributed by atoms with E-state index < -0.39 is 0 Å². The molecule has 0 fully saturated rings. The van der Waals surface area contributed by atoms with Gasteiger partial charge in [0.15, 0.2) is 0 Å². The van der Waals surface area contributed by atoms with Gasteiger partial charge >= 0.3 is 0 Å². The van der Waals surface area contributed by atoms with Crippen molar-refractivity contribution < 1.29 is 4.74 Å². The fourth-order valence-electron chi connectivity index (χ4n) is 1.52. The summed E-state index contributed by atoms with van der Waals surface area (Å²) in [6, 6.07) is 4.80. The molecule has 15 heavy (non-hydrogen) atoms. The third-order valence-corrected chi connectivity index (χ3v) is 2.36. The lowest BCUT2D eigenvalue weighted by Crippen LogP contribution is -2.23. The van der Waals surface area contributed by atoms with E-state index >= 15 is 0 Å². The minimum Gasteiger partial charge on any atom is -0.385 e. The second-order valence-corrected chi connectivity index (χ2v) is 4.07. The Hall–Kier alpha value is -0.800. The van der Waals surface area contributed by atoms with Gasteiger partial charge in [0.25, 0.3) is 0 Å². The molecule has 0 saturated carbocycles. The maximum atomic E-state index is 5.05. The van der Waals surface area contributed by atoms with Crippen LogP contribution >= 0.6 is 0 Å². The topological polar surface area (TPSA) is 26.2 Å². The normalized spacial score (nSPS) is 11.2. The average molecular weight is 210 g/mol. The van der Waals surface area contributed by atoms with Gasteiger partial charge in [-0.2, -0.15) is 0 Å². The van der Waals surface area contributed by atoms with E-state index in [1.807, 2.05) is 0 Å². The number of hydrogen-bond donors (Lipinski definition) is 1. The summed E-state index contributed by atoms with van der Waals surface area (Å²) in [6.45, 7) is 7.14. The number of methoxy groups -OCH3 is 1. The van der Waals surface area contributed by atoms with Crippen molar-refractivity contribution in [3.63, 3.8) is 0 Å². The standard InChI is InChI=1S/C12H22N2O/c1-11(2)13-10-12-6-4-7-14(12)8-5-9-15-3/h4,6-7,11,13H,5,8-10H2,1-3H3. The molecule has 0 unspecified atom stereocenters. The molecule has 86 valence electrons. The Labute approximate surface area is 92.4 Å². The first-order valence-corrected chi connectivity index (χ1v) is 5.60. The highest BCUT2D eigenvalue weighted by atomic mass is 16.5. The van der Waals surface area contributed by atoms with Gasteiger partial charge in [0.05, 0.1) is 0 Å². The van der Waals surface area contributed by atoms with Crippen LogP contribution in [0.2, 0.25) is 0 Å². The average Bonchev–Trinajstić information content (AvgIpc) is 2.63. The number of ether oxygens (including phenoxy) is 1. The van der Waals surface area contributed by atoms with Crippen LogP contribution in [0.5, 0.6) is 0 Å². The van der Waals surface area contributed by atoms with Crippen LogP contribution in [-0.2, 0) is 17.8 Å². The van der Waals surface area contributed by atoms with Gasteiger partial charge < -0.3 is 14.6 Å². The maximum Gasteiger partial charge on any atom is 0.0479 e. The predicted octanol–water partition coefficient (Wildman–Crippen LogP) is 2.02. The van der Waals surface area contributed by atoms with Crippen molar-refractivity contribution in [2.75, 3.05) is 13.7 Å². The van der Waals surface area contributed by atoms with E-state index in [9.17, 15) is 0 Å². The monoisotopic (exact) mass is 210 g/mol. The molecule has 0 bridgehead atoms. The Morgan fingerprint density at radius 2 is 2.27 bits per heavy atom. The summed E-state index contributed by atoms with van der Waals surface area (Å²) >= 11 is 0. The molecular weight excluding hydrogens is 188 g/mol. The zero-order valence-corrected chi connectivity index (χ0v) is 9.99. The molecule has 1 N–H and O–H groups in total. The molecule has 1 aromatic heterocycles. The molecule has 1 rings (SSSR count). The minimum atomic E-state index is 0.535. The van der Waals surface area contributed by atoms with Gasteiger partial charge in [-0.15, -0.1) is 0 Å². The quantitative estimate of drug-likeness (QED) is 0.697. The fourth-order valence-corrected chi connectivity index (χ4v) is 1.52. The first-order chi connectivity index (χ1) is 7.24. The zero-order valence-electron chi connectivity index (χ0n) is 9.99. The molecule has 0 radical (unpaired) electrons. The smallest absolute Gasteiger partial charge is 0.0479 e. The van der Waals surface area contributed by atoms with Crippen molar-refractivity contribution >= 4 is 0 Å². The van der Waals surface area contributed by atoms with E-state index in [4.69, 9.17) is 4.74 Å². The van der Waals surface area contributed by atoms with E-state index in [0.717, 1.165) is 26.1 Å². The van der Waals surface area contributed by atoms with Gasteiger partial charge in [0.1, 0.15) is 0 Å². The summed E-state index contributed by atoms with van der Waals surface area (Å²) < 4.78 is 7.34. The van der Waals surface area contributed by atoms with Gasteiger partial charge in [0.2, 0.25) is 0 Å². The lowest BCUT2D eigenvalue weighted by atomic mass is 10.3. The highest BCUT2D eigenvalue weighted by molar-refractivity contribution is 5.06. The second kappa shape index (κ2) is 6.64. The Bertz CT molecular complexity index is 268. The van der Waals surface area contributed by atoms with Crippen molar-refractivity contribution in [2.24, 2.45) is 0 Å². The van der Waals surface area contributed by atoms with Crippen LogP contribution in [0.4, 0.5) is 0 Å². The Morgan fingerprint density at radius 1 is 1.47 bits per heavy atom. The number of hydrogen-bond acceptors (Lipinski definition) is 2. The molecule has 0 atom stereocenters. The summed E-state index contributed by atoms with van der Waals surface area (Å²) in [5.74, 6) is 0. The molecule has 0 aliphatic heterocycles. The van der Waals surface area contributed by atoms with Crippen LogP contribution in [0.15, 0.2) is 18.3 Å². The largest absolute Gasteiger partial charge is 0.385 e. The number of aromatic nitrogens is 1. The van der Waals surface area contributed by atoms with E-state index in [-0.39, 0.29) is 0 Å². The van der Waals surface area contributed by atoms with Crippen molar-refractivity contribution in [3.05, 3.63) is 24.0 Å². The minimum absolute atomic E-state index is 0.535. The molecule has 0 saturated heterocycles. The summed E-state index contributed by atoms with van der Waals surface area (Å²) in [7, 11) is 1.75. The highest BCUT2D eigenvalue weighted by Gasteiger charge is 2.01. The first kappa shape index (κ1) is 12.3. The molecule has 3 heteroatoms. The van der Waals surface area contributed by atoms with E-state index in [2.05, 4.69) is 42.1 Å². The number of aryl methyl sites for hydroxylation is 1. The first-order valence-electron chi connectivity index (χ1n) is 5.60. The van der Waals surface area contributed by atoms with E-state index in [1.165, 1.54) is 5.69 Å². The highest BCUT2D eigenvalue weighted by Crippen LogP contribution is 2.03. The van der Waals surface area contributed by atoms with Crippen LogP contribution in [0.25, 0.3) is 0 Å². The zero-order chi connectivity index (χ0) is 11.1. The Kier molecular flexibility index (Phi) is 5.43. The second-order valence-electron chi connectivity index (χ2n) is 4.07. The van der Waals surface area contributed by atoms with Crippen LogP contribution < -0.4 is 5.32 Å². The van der Waals surface area contributed by atoms with Crippen LogP contribution in [0, 0.1) is 0 Å². The van der Waals surface area contributed by atoms with Crippen molar-refractivity contribution in [1.82, 2.24) is 9.88 Å². The van der Waals surface area contributed by atoms with Gasteiger partial charge in [-0.1, -0.05) is 13.8 Å². The Balaban J connectivity index is 2.39. The van der Waals surface area contributed by atoms with Gasteiger partial charge in [0, 0.05) is 44.7 Å². The molecule has 3 nitrogen and oxygen atoms in total. The summed E-state index contributed by atoms with van der Waals surface area (Å²) in [6.07, 6.45) is 3.20. The number of nitrogens with one attached hydrogen (secondary N) is 1. The molecule has 0 spiro atoms. The molecule has 0 aliphatic rings. The predicted molar refractivity (Wildman–Crippen MR) is 62.9 cm³/mol. The summed E-state index contributed by atoms with van der Waals surface area (Å²) in [5, 5.41) is 3.43. The molecule has 1 aromatic rings. The SMILES string of the molecule is COCCCn1cccc1CNC(C)C. The molecule has 0 aliphatic carbocycles. The number of nitrogens with zero attached hydrogens (tertiary/aromatic N) is 1. The lowest BCUT2D eigenvalue weighted by molar-refractivity contribution is 0.190. The molecule has 1 heterocycles. The summed E-state index contributed by atoms with van der Waals surface area (Å²) in [5.41, 5.74) is 1.35. The Morgan fingerprint density at radius 3 is 2.93 bits per heavy atom. The van der Waals surface area contributed by atoms with E-state index in [1.54, 1.807) is 7.11 Å². The lowest BCUT2D eigenvalue weighted by Gasteiger charge is -2.11. The van der Waals surface area contributed by atoms with Gasteiger partial charge in [-0.05, 0) is 18.6 Å². The molecular formula is C12H22N2O. The van der Waals surface area contributed by atoms with Crippen LogP contribution in [0.1, 0.15) is 26.0 Å². The van der Waals surface area contributed by atoms with Crippen molar-refractivity contribution in [3.8, 4) is 0 Å². The molecule has 0 aromatic carbocycles. The van der Waals surface area contributed by atoms with Crippen LogP contribution in [-0.4, -0.2) is 24.3 Å². The van der Waals surface area contributed by atoms with Crippen molar-refractivity contribution in [1.29, 1.82) is 0 Å².